The van der Waals surface area contributed by atoms with Crippen molar-refractivity contribution in [3.8, 4) is 0 Å². The number of nitrogens with one attached hydrogen (secondary N) is 1. The predicted molar refractivity (Wildman–Crippen MR) is 80.9 cm³/mol. The summed E-state index contributed by atoms with van der Waals surface area (Å²) in [7, 11) is 0. The fourth-order valence-corrected chi connectivity index (χ4v) is 3.63. The second-order valence-electron chi connectivity index (χ2n) is 5.45. The van der Waals surface area contributed by atoms with E-state index in [9.17, 15) is 0 Å². The minimum atomic E-state index is -0.150. The molecular formula is C14H19Cl2N3O. The zero-order chi connectivity index (χ0) is 14.1. The van der Waals surface area contributed by atoms with Crippen molar-refractivity contribution in [3.63, 3.8) is 0 Å². The number of nitrogens with zero attached hydrogens (tertiary/aromatic N) is 1. The molecule has 0 amide bonds. The maximum absolute atomic E-state index is 6.30. The molecule has 1 aromatic carbocycles. The van der Waals surface area contributed by atoms with Crippen molar-refractivity contribution in [2.24, 2.45) is 5.84 Å². The predicted octanol–water partition coefficient (Wildman–Crippen LogP) is 2.36. The van der Waals surface area contributed by atoms with Gasteiger partial charge in [-0.1, -0.05) is 35.3 Å². The third kappa shape index (κ3) is 2.69. The van der Waals surface area contributed by atoms with Crippen LogP contribution in [-0.2, 0) is 4.74 Å². The van der Waals surface area contributed by atoms with Crippen LogP contribution in [0.4, 0.5) is 0 Å². The van der Waals surface area contributed by atoms with Crippen LogP contribution in [0.3, 0.4) is 0 Å². The standard InChI is InChI=1S/C14H19Cl2N3O/c15-11-5-1-4-10(13(11)16)14(18-17)12-7-19-6-2-3-9(19)8-20-12/h1,4-5,9,12,14,18H,2-3,6-8,17H2. The molecule has 110 valence electrons. The molecule has 2 aliphatic rings. The molecule has 4 nitrogen and oxygen atoms in total. The summed E-state index contributed by atoms with van der Waals surface area (Å²) in [6.07, 6.45) is 2.47. The van der Waals surface area contributed by atoms with Gasteiger partial charge in [0.15, 0.2) is 0 Å². The lowest BCUT2D eigenvalue weighted by Gasteiger charge is -2.39. The van der Waals surface area contributed by atoms with Gasteiger partial charge in [0.05, 0.1) is 28.8 Å². The van der Waals surface area contributed by atoms with Crippen LogP contribution in [0.15, 0.2) is 18.2 Å². The lowest BCUT2D eigenvalue weighted by atomic mass is 9.99. The topological polar surface area (TPSA) is 50.5 Å². The molecule has 3 atom stereocenters. The summed E-state index contributed by atoms with van der Waals surface area (Å²) in [5.74, 6) is 5.74. The van der Waals surface area contributed by atoms with Gasteiger partial charge in [0.25, 0.3) is 0 Å². The van der Waals surface area contributed by atoms with Gasteiger partial charge in [0, 0.05) is 12.6 Å². The maximum atomic E-state index is 6.30. The van der Waals surface area contributed by atoms with Crippen molar-refractivity contribution in [1.29, 1.82) is 0 Å². The highest BCUT2D eigenvalue weighted by Crippen LogP contribution is 2.34. The molecule has 0 aromatic heterocycles. The zero-order valence-electron chi connectivity index (χ0n) is 11.2. The van der Waals surface area contributed by atoms with Crippen molar-refractivity contribution in [2.75, 3.05) is 19.7 Å². The average Bonchev–Trinajstić information content (AvgIpc) is 2.92. The monoisotopic (exact) mass is 315 g/mol. The lowest BCUT2D eigenvalue weighted by Crippen LogP contribution is -2.51. The van der Waals surface area contributed by atoms with Crippen LogP contribution >= 0.6 is 23.2 Å². The largest absolute Gasteiger partial charge is 0.373 e. The van der Waals surface area contributed by atoms with Crippen molar-refractivity contribution in [2.45, 2.75) is 31.0 Å². The van der Waals surface area contributed by atoms with Crippen LogP contribution in [-0.4, -0.2) is 36.7 Å². The van der Waals surface area contributed by atoms with E-state index >= 15 is 0 Å². The van der Waals surface area contributed by atoms with E-state index in [4.69, 9.17) is 33.8 Å². The molecule has 3 unspecified atom stereocenters. The summed E-state index contributed by atoms with van der Waals surface area (Å²) in [6, 6.07) is 6.02. The van der Waals surface area contributed by atoms with E-state index in [0.717, 1.165) is 25.3 Å². The Morgan fingerprint density at radius 1 is 1.40 bits per heavy atom. The highest BCUT2D eigenvalue weighted by molar-refractivity contribution is 6.42. The number of hydrogen-bond donors (Lipinski definition) is 2. The molecule has 2 aliphatic heterocycles. The van der Waals surface area contributed by atoms with Gasteiger partial charge in [-0.15, -0.1) is 0 Å². The fraction of sp³-hybridized carbons (Fsp3) is 0.571. The van der Waals surface area contributed by atoms with Gasteiger partial charge in [0.1, 0.15) is 0 Å². The Balaban J connectivity index is 1.81. The summed E-state index contributed by atoms with van der Waals surface area (Å²) >= 11 is 12.4. The normalized spacial score (nSPS) is 28.4. The quantitative estimate of drug-likeness (QED) is 0.664. The lowest BCUT2D eigenvalue weighted by molar-refractivity contribution is -0.0653. The van der Waals surface area contributed by atoms with E-state index in [1.54, 1.807) is 6.07 Å². The molecule has 2 fully saturated rings. The van der Waals surface area contributed by atoms with Crippen LogP contribution in [0.2, 0.25) is 10.0 Å². The van der Waals surface area contributed by atoms with Crippen LogP contribution in [0.5, 0.6) is 0 Å². The minimum absolute atomic E-state index is 0.00897. The molecule has 0 spiro atoms. The average molecular weight is 316 g/mol. The number of hydrogen-bond acceptors (Lipinski definition) is 4. The van der Waals surface area contributed by atoms with E-state index in [1.807, 2.05) is 12.1 Å². The molecule has 3 rings (SSSR count). The molecule has 3 N–H and O–H groups in total. The first-order chi connectivity index (χ1) is 9.70. The van der Waals surface area contributed by atoms with Crippen LogP contribution in [0, 0.1) is 0 Å². The number of morpholine rings is 1. The van der Waals surface area contributed by atoms with E-state index < -0.39 is 0 Å². The Kier molecular flexibility index (Phi) is 4.50. The summed E-state index contributed by atoms with van der Waals surface area (Å²) in [4.78, 5) is 2.48. The second kappa shape index (κ2) is 6.18. The smallest absolute Gasteiger partial charge is 0.0910 e. The van der Waals surface area contributed by atoms with Crippen molar-refractivity contribution < 1.29 is 4.74 Å². The Labute approximate surface area is 129 Å². The summed E-state index contributed by atoms with van der Waals surface area (Å²) in [6.45, 7) is 2.79. The number of hydrazine groups is 1. The second-order valence-corrected chi connectivity index (χ2v) is 6.24. The van der Waals surface area contributed by atoms with Crippen molar-refractivity contribution in [3.05, 3.63) is 33.8 Å². The number of ether oxygens (including phenoxy) is 1. The minimum Gasteiger partial charge on any atom is -0.373 e. The first-order valence-corrected chi connectivity index (χ1v) is 7.72. The SMILES string of the molecule is NNC(c1cccc(Cl)c1Cl)C1CN2CCCC2CO1. The molecule has 2 heterocycles. The molecule has 0 bridgehead atoms. The van der Waals surface area contributed by atoms with Gasteiger partial charge in [0.2, 0.25) is 0 Å². The van der Waals surface area contributed by atoms with E-state index in [-0.39, 0.29) is 12.1 Å². The van der Waals surface area contributed by atoms with Crippen LogP contribution in [0.1, 0.15) is 24.4 Å². The number of benzene rings is 1. The maximum Gasteiger partial charge on any atom is 0.0910 e. The molecule has 20 heavy (non-hydrogen) atoms. The Morgan fingerprint density at radius 3 is 3.05 bits per heavy atom. The third-order valence-electron chi connectivity index (χ3n) is 4.28. The Bertz CT molecular complexity index is 485. The number of rotatable bonds is 3. The molecule has 0 radical (unpaired) electrons. The molecule has 2 saturated heterocycles. The van der Waals surface area contributed by atoms with Gasteiger partial charge in [-0.3, -0.25) is 16.2 Å². The van der Waals surface area contributed by atoms with Gasteiger partial charge in [-0.05, 0) is 31.0 Å². The first kappa shape index (κ1) is 14.6. The first-order valence-electron chi connectivity index (χ1n) is 6.96. The van der Waals surface area contributed by atoms with E-state index in [2.05, 4.69) is 10.3 Å². The molecule has 0 aliphatic carbocycles. The highest BCUT2D eigenvalue weighted by Gasteiger charge is 2.36. The Hall–Kier alpha value is -0.360. The molecule has 0 saturated carbocycles. The number of fused-ring (bicyclic) bond motifs is 1. The summed E-state index contributed by atoms with van der Waals surface area (Å²) in [5.41, 5.74) is 3.73. The molecular weight excluding hydrogens is 297 g/mol. The molecule has 6 heteroatoms. The van der Waals surface area contributed by atoms with Gasteiger partial charge in [-0.2, -0.15) is 0 Å². The van der Waals surface area contributed by atoms with Crippen molar-refractivity contribution in [1.82, 2.24) is 10.3 Å². The van der Waals surface area contributed by atoms with E-state index in [1.165, 1.54) is 12.8 Å². The summed E-state index contributed by atoms with van der Waals surface area (Å²) < 4.78 is 6.01. The zero-order valence-corrected chi connectivity index (χ0v) is 12.7. The van der Waals surface area contributed by atoms with Crippen LogP contribution in [0.25, 0.3) is 0 Å². The Morgan fingerprint density at radius 2 is 2.25 bits per heavy atom. The number of nitrogens with two attached hydrogens (primary N) is 1. The van der Waals surface area contributed by atoms with Gasteiger partial charge in [-0.25, -0.2) is 0 Å². The summed E-state index contributed by atoms with van der Waals surface area (Å²) in [5, 5.41) is 1.09. The van der Waals surface area contributed by atoms with Gasteiger partial charge < -0.3 is 4.74 Å². The number of halogens is 2. The van der Waals surface area contributed by atoms with Crippen LogP contribution < -0.4 is 11.3 Å². The molecule has 1 aromatic rings. The van der Waals surface area contributed by atoms with Gasteiger partial charge >= 0.3 is 0 Å². The highest BCUT2D eigenvalue weighted by atomic mass is 35.5. The third-order valence-corrected chi connectivity index (χ3v) is 5.12. The van der Waals surface area contributed by atoms with E-state index in [0.29, 0.717) is 16.1 Å². The van der Waals surface area contributed by atoms with Crippen molar-refractivity contribution >= 4 is 23.2 Å². The fourth-order valence-electron chi connectivity index (χ4n) is 3.20.